The number of rotatable bonds is 4. The summed E-state index contributed by atoms with van der Waals surface area (Å²) in [7, 11) is 0. The standard InChI is InChI=1S/C16H23N3O4S/c1-10(2)15-17-13(9-24-15)16(22)19-4-11-3-18(6-14(20)21)5-12(19)8-23-7-11/h9-12H,3-8H2,1-2H3,(H,20,21)/t11-,12-/m0/s1. The third kappa shape index (κ3) is 3.76. The summed E-state index contributed by atoms with van der Waals surface area (Å²) in [5.41, 5.74) is 0.487. The smallest absolute Gasteiger partial charge is 0.317 e. The van der Waals surface area contributed by atoms with Crippen molar-refractivity contribution in [3.05, 3.63) is 16.1 Å². The molecule has 1 amide bonds. The van der Waals surface area contributed by atoms with E-state index in [1.807, 2.05) is 15.2 Å². The van der Waals surface area contributed by atoms with Gasteiger partial charge in [-0.1, -0.05) is 13.8 Å². The number of ether oxygens (including phenoxy) is 1. The molecule has 2 saturated heterocycles. The van der Waals surface area contributed by atoms with Crippen LogP contribution in [0.4, 0.5) is 0 Å². The maximum absolute atomic E-state index is 12.9. The molecule has 0 spiro atoms. The van der Waals surface area contributed by atoms with Gasteiger partial charge in [-0.05, 0) is 0 Å². The summed E-state index contributed by atoms with van der Waals surface area (Å²) in [5, 5.41) is 11.8. The second-order valence-electron chi connectivity index (χ2n) is 6.83. The molecule has 1 N–H and O–H groups in total. The maximum atomic E-state index is 12.9. The molecule has 2 atom stereocenters. The number of carboxylic acid groups (broad SMARTS) is 1. The van der Waals surface area contributed by atoms with Gasteiger partial charge in [-0.2, -0.15) is 0 Å². The predicted octanol–water partition coefficient (Wildman–Crippen LogP) is 1.12. The Hall–Kier alpha value is -1.51. The normalized spacial score (nSPS) is 24.9. The van der Waals surface area contributed by atoms with Crippen LogP contribution in [-0.4, -0.2) is 77.2 Å². The first kappa shape index (κ1) is 17.3. The molecule has 0 saturated carbocycles. The number of hydrogen-bond donors (Lipinski definition) is 1. The predicted molar refractivity (Wildman–Crippen MR) is 89.4 cm³/mol. The summed E-state index contributed by atoms with van der Waals surface area (Å²) in [6.45, 7) is 6.88. The van der Waals surface area contributed by atoms with Crippen LogP contribution in [0.3, 0.4) is 0 Å². The van der Waals surface area contributed by atoms with Gasteiger partial charge in [0.25, 0.3) is 5.91 Å². The number of aliphatic carboxylic acids is 1. The Bertz CT molecular complexity index is 618. The zero-order chi connectivity index (χ0) is 17.3. The fraction of sp³-hybridized carbons (Fsp3) is 0.688. The summed E-state index contributed by atoms with van der Waals surface area (Å²) in [6.07, 6.45) is 0. The van der Waals surface area contributed by atoms with Crippen LogP contribution >= 0.6 is 11.3 Å². The van der Waals surface area contributed by atoms with Gasteiger partial charge in [-0.3, -0.25) is 14.5 Å². The molecular weight excluding hydrogens is 330 g/mol. The zero-order valence-corrected chi connectivity index (χ0v) is 14.8. The largest absolute Gasteiger partial charge is 0.480 e. The van der Waals surface area contributed by atoms with Crippen LogP contribution < -0.4 is 0 Å². The Morgan fingerprint density at radius 2 is 2.17 bits per heavy atom. The van der Waals surface area contributed by atoms with Crippen molar-refractivity contribution in [2.75, 3.05) is 39.4 Å². The molecule has 2 aliphatic rings. The van der Waals surface area contributed by atoms with Crippen molar-refractivity contribution in [1.29, 1.82) is 0 Å². The van der Waals surface area contributed by atoms with Crippen molar-refractivity contribution >= 4 is 23.2 Å². The van der Waals surface area contributed by atoms with E-state index in [4.69, 9.17) is 9.84 Å². The fourth-order valence-corrected chi connectivity index (χ4v) is 4.12. The summed E-state index contributed by atoms with van der Waals surface area (Å²) < 4.78 is 5.69. The number of aromatic nitrogens is 1. The van der Waals surface area contributed by atoms with Crippen molar-refractivity contribution in [3.8, 4) is 0 Å². The van der Waals surface area contributed by atoms with Crippen LogP contribution in [-0.2, 0) is 9.53 Å². The van der Waals surface area contributed by atoms with E-state index < -0.39 is 5.97 Å². The highest BCUT2D eigenvalue weighted by molar-refractivity contribution is 7.09. The highest BCUT2D eigenvalue weighted by Gasteiger charge is 2.37. The quantitative estimate of drug-likeness (QED) is 0.873. The fourth-order valence-electron chi connectivity index (χ4n) is 3.31. The van der Waals surface area contributed by atoms with Gasteiger partial charge < -0.3 is 14.7 Å². The summed E-state index contributed by atoms with van der Waals surface area (Å²) in [6, 6.07) is -0.131. The van der Waals surface area contributed by atoms with E-state index in [-0.39, 0.29) is 24.4 Å². The molecule has 1 aromatic rings. The second kappa shape index (κ2) is 7.16. The molecular formula is C16H23N3O4S. The number of thiazole rings is 1. The van der Waals surface area contributed by atoms with Gasteiger partial charge in [0.2, 0.25) is 0 Å². The van der Waals surface area contributed by atoms with Crippen LogP contribution in [0.25, 0.3) is 0 Å². The van der Waals surface area contributed by atoms with Gasteiger partial charge in [0.05, 0.1) is 30.8 Å². The molecule has 1 aromatic heterocycles. The van der Waals surface area contributed by atoms with Crippen LogP contribution in [0.2, 0.25) is 0 Å². The topological polar surface area (TPSA) is 83.0 Å². The lowest BCUT2D eigenvalue weighted by atomic mass is 10.1. The van der Waals surface area contributed by atoms with Crippen LogP contribution in [0, 0.1) is 5.92 Å². The number of amides is 1. The Morgan fingerprint density at radius 1 is 1.38 bits per heavy atom. The molecule has 2 fully saturated rings. The molecule has 3 heterocycles. The van der Waals surface area contributed by atoms with Crippen molar-refractivity contribution in [3.63, 3.8) is 0 Å². The third-order valence-corrected chi connectivity index (χ3v) is 5.54. The van der Waals surface area contributed by atoms with Crippen LogP contribution in [0.5, 0.6) is 0 Å². The van der Waals surface area contributed by atoms with Gasteiger partial charge >= 0.3 is 5.97 Å². The molecule has 7 nitrogen and oxygen atoms in total. The summed E-state index contributed by atoms with van der Waals surface area (Å²) in [4.78, 5) is 32.2. The number of nitrogens with zero attached hydrogens (tertiary/aromatic N) is 3. The number of fused-ring (bicyclic) bond motifs is 3. The van der Waals surface area contributed by atoms with Crippen molar-refractivity contribution < 1.29 is 19.4 Å². The van der Waals surface area contributed by atoms with Crippen molar-refractivity contribution in [1.82, 2.24) is 14.8 Å². The van der Waals surface area contributed by atoms with E-state index in [1.165, 1.54) is 11.3 Å². The van der Waals surface area contributed by atoms with Crippen LogP contribution in [0.15, 0.2) is 5.38 Å². The lowest BCUT2D eigenvalue weighted by molar-refractivity contribution is -0.138. The average molecular weight is 353 g/mol. The van der Waals surface area contributed by atoms with E-state index in [2.05, 4.69) is 18.8 Å². The molecule has 0 radical (unpaired) electrons. The van der Waals surface area contributed by atoms with Gasteiger partial charge in [0.1, 0.15) is 5.69 Å². The molecule has 24 heavy (non-hydrogen) atoms. The van der Waals surface area contributed by atoms with E-state index in [1.54, 1.807) is 0 Å². The SMILES string of the molecule is CC(C)c1nc(C(=O)N2C[C@H]3COC[C@@H]2CN(CC(=O)O)C3)cs1. The van der Waals surface area contributed by atoms with Crippen molar-refractivity contribution in [2.45, 2.75) is 25.8 Å². The Kier molecular flexibility index (Phi) is 5.17. The lowest BCUT2D eigenvalue weighted by Gasteiger charge is -2.30. The Balaban J connectivity index is 1.79. The first-order chi connectivity index (χ1) is 11.4. The molecule has 0 unspecified atom stereocenters. The number of carbonyl (C=O) groups is 2. The molecule has 8 heteroatoms. The lowest BCUT2D eigenvalue weighted by Crippen LogP contribution is -2.47. The minimum Gasteiger partial charge on any atom is -0.480 e. The highest BCUT2D eigenvalue weighted by atomic mass is 32.1. The summed E-state index contributed by atoms with van der Waals surface area (Å²) in [5.74, 6) is -0.482. The second-order valence-corrected chi connectivity index (χ2v) is 7.72. The zero-order valence-electron chi connectivity index (χ0n) is 14.0. The molecule has 0 aromatic carbocycles. The monoisotopic (exact) mass is 353 g/mol. The number of carbonyl (C=O) groups excluding carboxylic acids is 1. The molecule has 132 valence electrons. The van der Waals surface area contributed by atoms with Gasteiger partial charge in [0.15, 0.2) is 0 Å². The van der Waals surface area contributed by atoms with Gasteiger partial charge in [-0.15, -0.1) is 11.3 Å². The van der Waals surface area contributed by atoms with E-state index in [9.17, 15) is 9.59 Å². The van der Waals surface area contributed by atoms with Gasteiger partial charge in [0, 0.05) is 36.9 Å². The maximum Gasteiger partial charge on any atom is 0.317 e. The van der Waals surface area contributed by atoms with E-state index in [0.29, 0.717) is 44.5 Å². The number of carboxylic acids is 1. The first-order valence-electron chi connectivity index (χ1n) is 8.22. The summed E-state index contributed by atoms with van der Waals surface area (Å²) >= 11 is 1.51. The average Bonchev–Trinajstić information content (AvgIpc) is 2.82. The Labute approximate surface area is 145 Å². The number of hydrogen-bond acceptors (Lipinski definition) is 6. The highest BCUT2D eigenvalue weighted by Crippen LogP contribution is 2.24. The molecule has 3 rings (SSSR count). The van der Waals surface area contributed by atoms with Crippen LogP contribution in [0.1, 0.15) is 35.3 Å². The third-order valence-electron chi connectivity index (χ3n) is 4.40. The molecule has 2 aliphatic heterocycles. The minimum atomic E-state index is -0.838. The molecule has 2 bridgehead atoms. The minimum absolute atomic E-state index is 0.00320. The Morgan fingerprint density at radius 3 is 2.83 bits per heavy atom. The van der Waals surface area contributed by atoms with E-state index in [0.717, 1.165) is 5.01 Å². The first-order valence-corrected chi connectivity index (χ1v) is 9.10. The van der Waals surface area contributed by atoms with Gasteiger partial charge in [-0.25, -0.2) is 4.98 Å². The van der Waals surface area contributed by atoms with E-state index >= 15 is 0 Å². The van der Waals surface area contributed by atoms with Crippen molar-refractivity contribution in [2.24, 2.45) is 5.92 Å². The molecule has 0 aliphatic carbocycles.